The second-order valence-electron chi connectivity index (χ2n) is 7.27. The highest BCUT2D eigenvalue weighted by Gasteiger charge is 2.47. The van der Waals surface area contributed by atoms with Gasteiger partial charge in [0, 0.05) is 25.8 Å². The molecule has 0 radical (unpaired) electrons. The third kappa shape index (κ3) is 3.17. The molecule has 1 spiro atoms. The van der Waals surface area contributed by atoms with E-state index in [1.54, 1.807) is 0 Å². The van der Waals surface area contributed by atoms with Crippen molar-refractivity contribution >= 4 is 5.91 Å². The summed E-state index contributed by atoms with van der Waals surface area (Å²) in [5, 5.41) is 0. The van der Waals surface area contributed by atoms with Gasteiger partial charge in [0.15, 0.2) is 0 Å². The van der Waals surface area contributed by atoms with Crippen molar-refractivity contribution in [2.24, 2.45) is 11.3 Å². The van der Waals surface area contributed by atoms with Crippen LogP contribution in [0.25, 0.3) is 0 Å². The largest absolute Gasteiger partial charge is 0.342 e. The summed E-state index contributed by atoms with van der Waals surface area (Å²) in [6.45, 7) is 9.17. The molecular formula is C18H27N3O. The molecule has 1 amide bonds. The summed E-state index contributed by atoms with van der Waals surface area (Å²) in [4.78, 5) is 21.7. The molecule has 0 atom stereocenters. The lowest BCUT2D eigenvalue weighted by Crippen LogP contribution is -2.44. The molecule has 3 rings (SSSR count). The van der Waals surface area contributed by atoms with Crippen molar-refractivity contribution in [1.82, 2.24) is 14.8 Å². The average molecular weight is 301 g/mol. The molecule has 0 bridgehead atoms. The highest BCUT2D eigenvalue weighted by atomic mass is 16.2. The predicted octanol–water partition coefficient (Wildman–Crippen LogP) is 2.55. The molecule has 2 aliphatic heterocycles. The summed E-state index contributed by atoms with van der Waals surface area (Å²) < 4.78 is 0. The summed E-state index contributed by atoms with van der Waals surface area (Å²) in [6, 6.07) is 6.07. The van der Waals surface area contributed by atoms with Crippen LogP contribution in [-0.4, -0.2) is 46.9 Å². The zero-order valence-corrected chi connectivity index (χ0v) is 13.8. The van der Waals surface area contributed by atoms with Crippen molar-refractivity contribution < 1.29 is 4.79 Å². The van der Waals surface area contributed by atoms with Gasteiger partial charge >= 0.3 is 0 Å². The van der Waals surface area contributed by atoms with E-state index < -0.39 is 0 Å². The molecule has 0 aliphatic carbocycles. The topological polar surface area (TPSA) is 36.4 Å². The molecule has 1 aromatic heterocycles. The van der Waals surface area contributed by atoms with Gasteiger partial charge in [0.05, 0.1) is 11.1 Å². The molecule has 120 valence electrons. The van der Waals surface area contributed by atoms with Gasteiger partial charge in [-0.3, -0.25) is 14.7 Å². The Balaban J connectivity index is 1.56. The summed E-state index contributed by atoms with van der Waals surface area (Å²) in [6.07, 6.45) is 4.92. The van der Waals surface area contributed by atoms with Gasteiger partial charge in [0.2, 0.25) is 5.91 Å². The molecule has 0 aromatic carbocycles. The average Bonchev–Trinajstić information content (AvgIpc) is 2.80. The SMILES string of the molecule is CC(C)CN1CCC2(CCN(Cc3ccccn3)CC2)C1=O. The second kappa shape index (κ2) is 6.37. The Labute approximate surface area is 133 Å². The molecule has 22 heavy (non-hydrogen) atoms. The summed E-state index contributed by atoms with van der Waals surface area (Å²) >= 11 is 0. The number of aromatic nitrogens is 1. The van der Waals surface area contributed by atoms with E-state index in [1.807, 2.05) is 18.3 Å². The fourth-order valence-electron chi connectivity index (χ4n) is 3.83. The predicted molar refractivity (Wildman–Crippen MR) is 87.2 cm³/mol. The van der Waals surface area contributed by atoms with Crippen LogP contribution >= 0.6 is 0 Å². The summed E-state index contributed by atoms with van der Waals surface area (Å²) in [5.41, 5.74) is 1.06. The molecule has 2 aliphatic rings. The number of amides is 1. The first-order valence-corrected chi connectivity index (χ1v) is 8.51. The van der Waals surface area contributed by atoms with Crippen LogP contribution in [0.15, 0.2) is 24.4 Å². The lowest BCUT2D eigenvalue weighted by Gasteiger charge is -2.38. The van der Waals surface area contributed by atoms with E-state index in [9.17, 15) is 4.79 Å². The highest BCUT2D eigenvalue weighted by Crippen LogP contribution is 2.41. The van der Waals surface area contributed by atoms with Crippen molar-refractivity contribution in [3.63, 3.8) is 0 Å². The van der Waals surface area contributed by atoms with Crippen molar-refractivity contribution in [3.8, 4) is 0 Å². The smallest absolute Gasteiger partial charge is 0.228 e. The zero-order valence-electron chi connectivity index (χ0n) is 13.8. The Morgan fingerprint density at radius 2 is 1.91 bits per heavy atom. The standard InChI is InChI=1S/C18H27N3O/c1-15(2)13-21-12-8-18(17(21)22)6-10-20(11-7-18)14-16-5-3-4-9-19-16/h3-5,9,15H,6-8,10-14H2,1-2H3. The number of likely N-dealkylation sites (tertiary alicyclic amines) is 2. The van der Waals surface area contributed by atoms with Crippen molar-refractivity contribution in [1.29, 1.82) is 0 Å². The number of carbonyl (C=O) groups is 1. The molecular weight excluding hydrogens is 274 g/mol. The molecule has 2 saturated heterocycles. The van der Waals surface area contributed by atoms with Crippen LogP contribution in [0.2, 0.25) is 0 Å². The van der Waals surface area contributed by atoms with E-state index in [-0.39, 0.29) is 5.41 Å². The third-order valence-corrected chi connectivity index (χ3v) is 5.11. The first-order valence-electron chi connectivity index (χ1n) is 8.51. The molecule has 0 saturated carbocycles. The van der Waals surface area contributed by atoms with Gasteiger partial charge in [0.1, 0.15) is 0 Å². The normalized spacial score (nSPS) is 22.0. The van der Waals surface area contributed by atoms with E-state index in [1.165, 1.54) is 0 Å². The van der Waals surface area contributed by atoms with Gasteiger partial charge in [-0.1, -0.05) is 19.9 Å². The minimum Gasteiger partial charge on any atom is -0.342 e. The maximum atomic E-state index is 12.8. The van der Waals surface area contributed by atoms with Crippen LogP contribution in [0.3, 0.4) is 0 Å². The van der Waals surface area contributed by atoms with Crippen LogP contribution in [0, 0.1) is 11.3 Å². The minimum absolute atomic E-state index is 0.0600. The van der Waals surface area contributed by atoms with Gasteiger partial charge < -0.3 is 4.90 Å². The molecule has 0 unspecified atom stereocenters. The van der Waals surface area contributed by atoms with Gasteiger partial charge in [-0.25, -0.2) is 0 Å². The Morgan fingerprint density at radius 1 is 1.18 bits per heavy atom. The number of piperidine rings is 1. The molecule has 1 aromatic rings. The van der Waals surface area contributed by atoms with Gasteiger partial charge in [-0.15, -0.1) is 0 Å². The number of nitrogens with zero attached hydrogens (tertiary/aromatic N) is 3. The maximum absolute atomic E-state index is 12.8. The van der Waals surface area contributed by atoms with E-state index >= 15 is 0 Å². The Morgan fingerprint density at radius 3 is 2.55 bits per heavy atom. The molecule has 2 fully saturated rings. The van der Waals surface area contributed by atoms with Crippen molar-refractivity contribution in [3.05, 3.63) is 30.1 Å². The highest BCUT2D eigenvalue weighted by molar-refractivity contribution is 5.85. The van der Waals surface area contributed by atoms with E-state index in [0.29, 0.717) is 11.8 Å². The van der Waals surface area contributed by atoms with Crippen molar-refractivity contribution in [2.45, 2.75) is 39.7 Å². The summed E-state index contributed by atoms with van der Waals surface area (Å²) in [7, 11) is 0. The maximum Gasteiger partial charge on any atom is 0.228 e. The van der Waals surface area contributed by atoms with Crippen LogP contribution < -0.4 is 0 Å². The Hall–Kier alpha value is -1.42. The molecule has 3 heterocycles. The lowest BCUT2D eigenvalue weighted by atomic mass is 9.77. The van der Waals surface area contributed by atoms with Gasteiger partial charge in [-0.2, -0.15) is 0 Å². The zero-order chi connectivity index (χ0) is 15.6. The minimum atomic E-state index is -0.0600. The van der Waals surface area contributed by atoms with Crippen LogP contribution in [-0.2, 0) is 11.3 Å². The molecule has 4 nitrogen and oxygen atoms in total. The fraction of sp³-hybridized carbons (Fsp3) is 0.667. The Kier molecular flexibility index (Phi) is 4.48. The van der Waals surface area contributed by atoms with Crippen LogP contribution in [0.4, 0.5) is 0 Å². The first kappa shape index (κ1) is 15.5. The Bertz CT molecular complexity index is 506. The number of pyridine rings is 1. The number of carbonyl (C=O) groups excluding carboxylic acids is 1. The monoisotopic (exact) mass is 301 g/mol. The molecule has 0 N–H and O–H groups in total. The number of rotatable bonds is 4. The number of hydrogen-bond acceptors (Lipinski definition) is 3. The fourth-order valence-corrected chi connectivity index (χ4v) is 3.83. The lowest BCUT2D eigenvalue weighted by molar-refractivity contribution is -0.138. The first-order chi connectivity index (χ1) is 10.6. The van der Waals surface area contributed by atoms with Gasteiger partial charge in [-0.05, 0) is 50.4 Å². The molecule has 4 heteroatoms. The van der Waals surface area contributed by atoms with E-state index in [2.05, 4.69) is 34.7 Å². The van der Waals surface area contributed by atoms with Crippen LogP contribution in [0.5, 0.6) is 0 Å². The quantitative estimate of drug-likeness (QED) is 0.857. The van der Waals surface area contributed by atoms with Gasteiger partial charge in [0.25, 0.3) is 0 Å². The van der Waals surface area contributed by atoms with Crippen LogP contribution in [0.1, 0.15) is 38.8 Å². The second-order valence-corrected chi connectivity index (χ2v) is 7.27. The van der Waals surface area contributed by atoms with Crippen molar-refractivity contribution in [2.75, 3.05) is 26.2 Å². The third-order valence-electron chi connectivity index (χ3n) is 5.11. The summed E-state index contributed by atoms with van der Waals surface area (Å²) in [5.74, 6) is 0.974. The number of hydrogen-bond donors (Lipinski definition) is 0. The van der Waals surface area contributed by atoms with E-state index in [4.69, 9.17) is 0 Å². The van der Waals surface area contributed by atoms with E-state index in [0.717, 1.165) is 57.7 Å².